The molecular weight excluding hydrogens is 1240 g/mol. The normalized spacial score (nSPS) is 56.0. The van der Waals surface area contributed by atoms with Crippen LogP contribution in [0.1, 0.15) is 211 Å². The van der Waals surface area contributed by atoms with Crippen LogP contribution in [0.4, 0.5) is 0 Å². The summed E-state index contributed by atoms with van der Waals surface area (Å²) in [5.41, 5.74) is -37.4. The molecular formula is C71H118O24. The van der Waals surface area contributed by atoms with Gasteiger partial charge >= 0.3 is 17.9 Å². The number of aliphatic carboxylic acids is 1. The zero-order chi connectivity index (χ0) is 73.0. The lowest BCUT2D eigenvalue weighted by Gasteiger charge is -2.73. The Balaban J connectivity index is 1.22. The van der Waals surface area contributed by atoms with E-state index in [1.54, 1.807) is 19.9 Å². The minimum Gasteiger partial charge on any atom is -0.479 e. The van der Waals surface area contributed by atoms with Crippen molar-refractivity contribution in [1.29, 1.82) is 0 Å². The Morgan fingerprint density at radius 1 is 0.568 bits per heavy atom. The van der Waals surface area contributed by atoms with Crippen LogP contribution in [0.3, 0.4) is 0 Å². The Hall–Kier alpha value is -2.83. The number of hydrogen-bond acceptors (Lipinski definition) is 23. The number of esters is 2. The first-order chi connectivity index (χ1) is 42.6. The van der Waals surface area contributed by atoms with Gasteiger partial charge in [-0.25, -0.2) is 9.59 Å². The van der Waals surface area contributed by atoms with Gasteiger partial charge in [0.05, 0.1) is 50.7 Å². The van der Waals surface area contributed by atoms with Gasteiger partial charge in [-0.15, -0.1) is 0 Å². The number of allylic oxidation sites excluding steroid dienone is 3. The van der Waals surface area contributed by atoms with Crippen LogP contribution in [0.25, 0.3) is 0 Å². The highest BCUT2D eigenvalue weighted by Crippen LogP contribution is 2.77. The second-order valence-electron chi connectivity index (χ2n) is 34.7. The Morgan fingerprint density at radius 3 is 1.51 bits per heavy atom. The van der Waals surface area contributed by atoms with E-state index >= 15 is 0 Å². The molecule has 3 aliphatic heterocycles. The summed E-state index contributed by atoms with van der Waals surface area (Å²) < 4.78 is 53.7. The minimum atomic E-state index is -2.93. The highest BCUT2D eigenvalue weighted by Gasteiger charge is 2.86. The van der Waals surface area contributed by atoms with E-state index in [1.165, 1.54) is 41.5 Å². The Kier molecular flexibility index (Phi) is 18.5. The number of carbonyl (C=O) groups is 3. The van der Waals surface area contributed by atoms with E-state index in [0.29, 0.717) is 44.1 Å². The molecule has 4 saturated carbocycles. The lowest BCUT2D eigenvalue weighted by atomic mass is 9.33. The van der Waals surface area contributed by atoms with Crippen molar-refractivity contribution in [3.05, 3.63) is 23.3 Å². The van der Waals surface area contributed by atoms with Crippen LogP contribution in [0.2, 0.25) is 0 Å². The summed E-state index contributed by atoms with van der Waals surface area (Å²) >= 11 is 0. The maximum absolute atomic E-state index is 14.5. The molecule has 13 N–H and O–H groups in total. The third kappa shape index (κ3) is 9.44. The molecule has 27 atom stereocenters. The largest absolute Gasteiger partial charge is 0.479 e. The zero-order valence-corrected chi connectivity index (χ0v) is 61.0. The van der Waals surface area contributed by atoms with Crippen LogP contribution in [0.15, 0.2) is 23.3 Å². The number of carboxylic acid groups (broad SMARTS) is 1. The topological polar surface area (TPSA) is 388 Å². The van der Waals surface area contributed by atoms with Crippen molar-refractivity contribution in [2.75, 3.05) is 33.0 Å². The fraction of sp³-hybridized carbons (Fsp3) is 0.901. The third-order valence-corrected chi connectivity index (χ3v) is 29.7. The van der Waals surface area contributed by atoms with Crippen molar-refractivity contribution < 1.29 is 119 Å². The van der Waals surface area contributed by atoms with Gasteiger partial charge in [-0.05, 0) is 197 Å². The Bertz CT molecular complexity index is 3100. The average Bonchev–Trinajstić information content (AvgIpc) is 0.666. The van der Waals surface area contributed by atoms with E-state index in [0.717, 1.165) is 74.8 Å². The van der Waals surface area contributed by atoms with E-state index in [2.05, 4.69) is 26.8 Å². The first-order valence-corrected chi connectivity index (χ1v) is 33.9. The Labute approximate surface area is 561 Å². The van der Waals surface area contributed by atoms with Crippen LogP contribution in [-0.2, 0) is 52.3 Å². The van der Waals surface area contributed by atoms with Crippen molar-refractivity contribution in [3.8, 4) is 0 Å². The van der Waals surface area contributed by atoms with Gasteiger partial charge in [-0.3, -0.25) is 4.79 Å². The molecule has 0 aromatic carbocycles. The van der Waals surface area contributed by atoms with Gasteiger partial charge in [0, 0.05) is 23.3 Å². The van der Waals surface area contributed by atoms with E-state index in [4.69, 9.17) is 37.9 Å². The summed E-state index contributed by atoms with van der Waals surface area (Å²) in [5, 5.41) is 159. The van der Waals surface area contributed by atoms with E-state index in [-0.39, 0.29) is 18.3 Å². The molecule has 0 bridgehead atoms. The second-order valence-corrected chi connectivity index (χ2v) is 34.7. The highest BCUT2D eigenvalue weighted by atomic mass is 16.8. The summed E-state index contributed by atoms with van der Waals surface area (Å²) in [6, 6.07) is 0. The van der Waals surface area contributed by atoms with Gasteiger partial charge in [-0.2, -0.15) is 0 Å². The third-order valence-electron chi connectivity index (χ3n) is 29.7. The van der Waals surface area contributed by atoms with Crippen LogP contribution in [-0.4, -0.2) is 226 Å². The van der Waals surface area contributed by atoms with Crippen molar-refractivity contribution in [2.24, 2.45) is 50.2 Å². The quantitative estimate of drug-likeness (QED) is 0.0606. The lowest BCUT2D eigenvalue weighted by Crippen LogP contribution is -2.92. The number of fused-ring (bicyclic) bond motifs is 7. The minimum absolute atomic E-state index is 0.0751. The monoisotopic (exact) mass is 1350 g/mol. The standard InChI is InChI=1S/C71H118O24/c1-25-39(2)49(78)90-47-48(89-40(3)76)71(37-75)42(32-51(47,4)5)41-26-27-44-52(6)30-29-46(53(7,34-72)43(52)28-31-54(44,8)55(41,9)33-45(71)77)88-38-58(12)67(21,94-69(23)64(18,85)62(16,83)60(14,81)56(10,35-73)92-69)66(20,87)68(22,59(13,91-58)50(79)80)95-70(24)65(19,86)63(17,84)61(15,82)57(11,36-74)93-70/h25-26,42-48,72-75,77,81-87H,27-38H2,1-24H3,(H,79,80)/b39-25-/t42?,43?,44?,45-,46?,47?,48+,52?,53-,54?,55-,56-,57-,58+,59-,60-,61-,62-,63-,64+,65+,66+,67-,68-,69+,70+,71?/m1/s1. The average molecular weight is 1360 g/mol. The van der Waals surface area contributed by atoms with Crippen LogP contribution < -0.4 is 0 Å². The summed E-state index contributed by atoms with van der Waals surface area (Å²) in [6.45, 7) is 31.0. The van der Waals surface area contributed by atoms with Crippen molar-refractivity contribution >= 4 is 17.9 Å². The van der Waals surface area contributed by atoms with Crippen LogP contribution in [0.5, 0.6) is 0 Å². The molecule has 0 spiro atoms. The second kappa shape index (κ2) is 22.6. The van der Waals surface area contributed by atoms with Gasteiger partial charge < -0.3 is 104 Å². The van der Waals surface area contributed by atoms with Crippen LogP contribution in [0, 0.1) is 50.2 Å². The molecule has 0 amide bonds. The smallest absolute Gasteiger partial charge is 0.338 e. The summed E-state index contributed by atoms with van der Waals surface area (Å²) in [5.74, 6) is -9.29. The number of aliphatic hydroxyl groups excluding tert-OH is 5. The number of aliphatic hydroxyl groups is 12. The van der Waals surface area contributed by atoms with Gasteiger partial charge in [-0.1, -0.05) is 59.3 Å². The fourth-order valence-corrected chi connectivity index (χ4v) is 20.7. The molecule has 8 aliphatic rings. The molecule has 0 aromatic rings. The predicted octanol–water partition coefficient (Wildman–Crippen LogP) is 4.57. The summed E-state index contributed by atoms with van der Waals surface area (Å²) in [6.07, 6.45) is 2.64. The van der Waals surface area contributed by atoms with Gasteiger partial charge in [0.1, 0.15) is 79.4 Å². The maximum atomic E-state index is 14.5. The van der Waals surface area contributed by atoms with Crippen molar-refractivity contribution in [2.45, 2.75) is 320 Å². The SMILES string of the molecule is C/C=C(/C)C(=O)OC1[C@H](OC(C)=O)C2(CO)C(CC1(C)C)C1=CCC3C4(C)CCC(OC[C@]5(C)O[C@](C)(C(=O)O)[C@@](C)(O[C@]6(C)O[C@](C)(CO)[C@@](C)(O)[C@@](C)(O)[C@]6(C)O)[C@@](C)(O)[C@]5(C)O[C@]5(C)O[C@](C)(CO)[C@@](C)(O)[C@@](C)(O)[C@]5(C)O)[C@](C)(CO)C4CCC3(C)[C@]1(C)C[C@H]2O. The van der Waals surface area contributed by atoms with Crippen molar-refractivity contribution in [3.63, 3.8) is 0 Å². The number of rotatable bonds is 15. The number of carboxylic acids is 1. The molecule has 8 rings (SSSR count). The molecule has 95 heavy (non-hydrogen) atoms. The summed E-state index contributed by atoms with van der Waals surface area (Å²) in [7, 11) is 0. The van der Waals surface area contributed by atoms with E-state index < -0.39 is 198 Å². The number of ether oxygens (including phenoxy) is 8. The van der Waals surface area contributed by atoms with E-state index in [9.17, 15) is 80.8 Å². The molecule has 24 nitrogen and oxygen atoms in total. The first kappa shape index (κ1) is 77.9. The molecule has 546 valence electrons. The van der Waals surface area contributed by atoms with Gasteiger partial charge in [0.2, 0.25) is 0 Å². The molecule has 3 saturated heterocycles. The molecule has 8 unspecified atom stereocenters. The fourth-order valence-electron chi connectivity index (χ4n) is 20.7. The molecule has 24 heteroatoms. The molecule has 5 aliphatic carbocycles. The predicted molar refractivity (Wildman–Crippen MR) is 343 cm³/mol. The zero-order valence-electron chi connectivity index (χ0n) is 61.0. The number of hydrogen-bond donors (Lipinski definition) is 13. The molecule has 3 heterocycles. The van der Waals surface area contributed by atoms with E-state index in [1.807, 2.05) is 20.8 Å². The van der Waals surface area contributed by atoms with Gasteiger partial charge in [0.15, 0.2) is 17.2 Å². The number of carbonyl (C=O) groups excluding carboxylic acids is 2. The molecule has 0 aromatic heterocycles. The maximum Gasteiger partial charge on any atom is 0.338 e. The van der Waals surface area contributed by atoms with Crippen LogP contribution >= 0.6 is 0 Å². The molecule has 7 fully saturated rings. The van der Waals surface area contributed by atoms with Crippen molar-refractivity contribution in [1.82, 2.24) is 0 Å². The van der Waals surface area contributed by atoms with Gasteiger partial charge in [0.25, 0.3) is 0 Å². The Morgan fingerprint density at radius 2 is 1.06 bits per heavy atom. The molecule has 0 radical (unpaired) electrons. The first-order valence-electron chi connectivity index (χ1n) is 33.9. The lowest BCUT2D eigenvalue weighted by molar-refractivity contribution is -0.525. The summed E-state index contributed by atoms with van der Waals surface area (Å²) in [4.78, 5) is 41.2. The highest BCUT2D eigenvalue weighted by molar-refractivity contribution is 5.88.